The molecule has 1 saturated carbocycles. The molecule has 5 rings (SSSR count). The van der Waals surface area contributed by atoms with Crippen LogP contribution in [-0.2, 0) is 22.3 Å². The van der Waals surface area contributed by atoms with Gasteiger partial charge in [0.05, 0.1) is 18.7 Å². The Morgan fingerprint density at radius 1 is 1.07 bits per heavy atom. The Hall–Kier alpha value is -1.75. The number of nitrogens with zero attached hydrogens (tertiary/aromatic N) is 1. The van der Waals surface area contributed by atoms with Crippen LogP contribution in [0.4, 0.5) is 0 Å². The summed E-state index contributed by atoms with van der Waals surface area (Å²) in [5.41, 5.74) is 6.93. The van der Waals surface area contributed by atoms with Crippen LogP contribution >= 0.6 is 11.8 Å². The van der Waals surface area contributed by atoms with E-state index in [2.05, 4.69) is 47.0 Å². The van der Waals surface area contributed by atoms with Crippen molar-refractivity contribution in [3.05, 3.63) is 53.6 Å². The predicted molar refractivity (Wildman–Crippen MR) is 111 cm³/mol. The van der Waals surface area contributed by atoms with Gasteiger partial charge >= 0.3 is 0 Å². The monoisotopic (exact) mass is 379 g/mol. The molecule has 0 radical (unpaired) electrons. The summed E-state index contributed by atoms with van der Waals surface area (Å²) in [5.74, 6) is 1.65. The van der Waals surface area contributed by atoms with Crippen LogP contribution in [-0.4, -0.2) is 11.7 Å². The van der Waals surface area contributed by atoms with E-state index in [1.165, 1.54) is 59.2 Å². The van der Waals surface area contributed by atoms with E-state index in [9.17, 15) is 0 Å². The second-order valence-corrected chi connectivity index (χ2v) is 8.56. The van der Waals surface area contributed by atoms with Crippen LogP contribution < -0.4 is 0 Å². The molecule has 0 spiro atoms. The van der Waals surface area contributed by atoms with Crippen LogP contribution in [0.2, 0.25) is 0 Å². The number of hydrogen-bond acceptors (Lipinski definition) is 3. The van der Waals surface area contributed by atoms with Gasteiger partial charge in [-0.15, -0.1) is 11.8 Å². The van der Waals surface area contributed by atoms with Crippen molar-refractivity contribution in [2.45, 2.75) is 55.4 Å². The molecule has 0 atom stereocenters. The lowest BCUT2D eigenvalue weighted by molar-refractivity contribution is -0.282. The molecule has 0 amide bonds. The molecule has 1 aromatic heterocycles. The van der Waals surface area contributed by atoms with Gasteiger partial charge < -0.3 is 4.57 Å². The van der Waals surface area contributed by atoms with Gasteiger partial charge in [-0.1, -0.05) is 49.6 Å². The molecule has 2 aliphatic rings. The van der Waals surface area contributed by atoms with Crippen molar-refractivity contribution in [2.75, 3.05) is 7.11 Å². The SMILES string of the molecule is COOCc1ccc2c(C3CCCCC3)c3n(c2c1)CSc1ccccc1-3. The Morgan fingerprint density at radius 3 is 2.78 bits per heavy atom. The number of benzene rings is 2. The van der Waals surface area contributed by atoms with Gasteiger partial charge in [0.1, 0.15) is 6.61 Å². The summed E-state index contributed by atoms with van der Waals surface area (Å²) in [7, 11) is 1.56. The largest absolute Gasteiger partial charge is 0.330 e. The zero-order valence-corrected chi connectivity index (χ0v) is 16.6. The highest BCUT2D eigenvalue weighted by Gasteiger charge is 2.29. The summed E-state index contributed by atoms with van der Waals surface area (Å²) in [6, 6.07) is 15.7. The third-order valence-corrected chi connectivity index (χ3v) is 7.07. The number of thioether (sulfide) groups is 1. The highest BCUT2D eigenvalue weighted by atomic mass is 32.2. The van der Waals surface area contributed by atoms with Gasteiger partial charge in [-0.05, 0) is 42.0 Å². The van der Waals surface area contributed by atoms with Crippen molar-refractivity contribution < 1.29 is 9.78 Å². The number of hydrogen-bond donors (Lipinski definition) is 0. The Bertz CT molecular complexity index is 972. The molecule has 0 N–H and O–H groups in total. The summed E-state index contributed by atoms with van der Waals surface area (Å²) in [6.07, 6.45) is 6.72. The zero-order chi connectivity index (χ0) is 18.2. The van der Waals surface area contributed by atoms with Gasteiger partial charge in [-0.25, -0.2) is 9.78 Å². The standard InChI is InChI=1S/C23H25NO2S/c1-25-26-14-16-11-12-18-20(13-16)24-15-27-21-10-6-5-9-19(21)23(24)22(18)17-7-3-2-4-8-17/h5-6,9-13,17H,2-4,7-8,14-15H2,1H3. The molecule has 1 aliphatic heterocycles. The van der Waals surface area contributed by atoms with Crippen molar-refractivity contribution in [3.63, 3.8) is 0 Å². The van der Waals surface area contributed by atoms with Crippen molar-refractivity contribution in [2.24, 2.45) is 0 Å². The van der Waals surface area contributed by atoms with E-state index in [1.54, 1.807) is 12.7 Å². The second kappa shape index (κ2) is 7.34. The highest BCUT2D eigenvalue weighted by Crippen LogP contribution is 2.49. The van der Waals surface area contributed by atoms with E-state index < -0.39 is 0 Å². The summed E-state index contributed by atoms with van der Waals surface area (Å²) < 4.78 is 2.53. The van der Waals surface area contributed by atoms with Crippen LogP contribution in [0.25, 0.3) is 22.2 Å². The van der Waals surface area contributed by atoms with Crippen molar-refractivity contribution in [3.8, 4) is 11.3 Å². The van der Waals surface area contributed by atoms with Crippen molar-refractivity contribution >= 4 is 22.7 Å². The first kappa shape index (κ1) is 17.4. The predicted octanol–water partition coefficient (Wildman–Crippen LogP) is 6.50. The topological polar surface area (TPSA) is 23.4 Å². The van der Waals surface area contributed by atoms with Crippen LogP contribution in [0.3, 0.4) is 0 Å². The molecule has 140 valence electrons. The normalized spacial score (nSPS) is 17.1. The van der Waals surface area contributed by atoms with Gasteiger partial charge in [0, 0.05) is 21.4 Å². The molecule has 0 unspecified atom stereocenters. The molecule has 3 nitrogen and oxygen atoms in total. The molecule has 4 heteroatoms. The smallest absolute Gasteiger partial charge is 0.107 e. The molecule has 0 saturated heterocycles. The fourth-order valence-corrected chi connectivity index (χ4v) is 5.82. The minimum absolute atomic E-state index is 0.482. The van der Waals surface area contributed by atoms with Crippen LogP contribution in [0, 0.1) is 0 Å². The zero-order valence-electron chi connectivity index (χ0n) is 15.7. The Balaban J connectivity index is 1.73. The molecule has 27 heavy (non-hydrogen) atoms. The average Bonchev–Trinajstić information content (AvgIpc) is 3.07. The third kappa shape index (κ3) is 3.00. The maximum atomic E-state index is 5.18. The summed E-state index contributed by atoms with van der Waals surface area (Å²) in [5, 5.41) is 1.43. The van der Waals surface area contributed by atoms with Gasteiger partial charge in [-0.2, -0.15) is 0 Å². The minimum Gasteiger partial charge on any atom is -0.330 e. The molecule has 3 aromatic rings. The Morgan fingerprint density at radius 2 is 1.93 bits per heavy atom. The summed E-state index contributed by atoms with van der Waals surface area (Å²) in [6.45, 7) is 0.482. The quantitative estimate of drug-likeness (QED) is 0.382. The first-order chi connectivity index (χ1) is 13.4. The van der Waals surface area contributed by atoms with E-state index in [0.717, 1.165) is 11.4 Å². The molecular weight excluding hydrogens is 354 g/mol. The van der Waals surface area contributed by atoms with Gasteiger partial charge in [-0.3, -0.25) is 0 Å². The molecule has 1 fully saturated rings. The van der Waals surface area contributed by atoms with E-state index in [0.29, 0.717) is 12.5 Å². The summed E-state index contributed by atoms with van der Waals surface area (Å²) >= 11 is 1.94. The van der Waals surface area contributed by atoms with E-state index >= 15 is 0 Å². The lowest BCUT2D eigenvalue weighted by atomic mass is 9.82. The fraction of sp³-hybridized carbons (Fsp3) is 0.391. The summed E-state index contributed by atoms with van der Waals surface area (Å²) in [4.78, 5) is 11.4. The minimum atomic E-state index is 0.482. The maximum Gasteiger partial charge on any atom is 0.107 e. The van der Waals surface area contributed by atoms with E-state index in [1.807, 2.05) is 11.8 Å². The number of fused-ring (bicyclic) bond motifs is 5. The van der Waals surface area contributed by atoms with Crippen LogP contribution in [0.5, 0.6) is 0 Å². The lowest BCUT2D eigenvalue weighted by Gasteiger charge is -2.26. The Kier molecular flexibility index (Phi) is 4.72. The van der Waals surface area contributed by atoms with E-state index in [4.69, 9.17) is 9.78 Å². The van der Waals surface area contributed by atoms with Gasteiger partial charge in [0.25, 0.3) is 0 Å². The first-order valence-electron chi connectivity index (χ1n) is 9.89. The number of rotatable bonds is 4. The van der Waals surface area contributed by atoms with Gasteiger partial charge in [0.2, 0.25) is 0 Å². The molecule has 2 heterocycles. The van der Waals surface area contributed by atoms with Crippen molar-refractivity contribution in [1.82, 2.24) is 4.57 Å². The van der Waals surface area contributed by atoms with Crippen molar-refractivity contribution in [1.29, 1.82) is 0 Å². The highest BCUT2D eigenvalue weighted by molar-refractivity contribution is 7.98. The van der Waals surface area contributed by atoms with E-state index in [-0.39, 0.29) is 0 Å². The number of aromatic nitrogens is 1. The first-order valence-corrected chi connectivity index (χ1v) is 10.9. The lowest BCUT2D eigenvalue weighted by Crippen LogP contribution is -2.09. The molecular formula is C23H25NO2S. The average molecular weight is 380 g/mol. The maximum absolute atomic E-state index is 5.18. The second-order valence-electron chi connectivity index (χ2n) is 7.58. The Labute approximate surface area is 164 Å². The van der Waals surface area contributed by atoms with Gasteiger partial charge in [0.15, 0.2) is 0 Å². The fourth-order valence-electron chi connectivity index (χ4n) is 4.79. The third-order valence-electron chi connectivity index (χ3n) is 6.02. The molecule has 1 aliphatic carbocycles. The van der Waals surface area contributed by atoms with Crippen LogP contribution in [0.15, 0.2) is 47.4 Å². The van der Waals surface area contributed by atoms with Crippen LogP contribution in [0.1, 0.15) is 49.1 Å². The molecule has 2 aromatic carbocycles. The molecule has 0 bridgehead atoms.